The van der Waals surface area contributed by atoms with E-state index in [1.165, 1.54) is 51.9 Å². The Morgan fingerprint density at radius 1 is 0.643 bits per heavy atom. The molecular weight excluding hydrogens is 172 g/mol. The van der Waals surface area contributed by atoms with Crippen LogP contribution in [0.1, 0.15) is 39.5 Å². The van der Waals surface area contributed by atoms with Crippen LogP contribution >= 0.6 is 0 Å². The van der Waals surface area contributed by atoms with E-state index in [1.54, 1.807) is 0 Å². The summed E-state index contributed by atoms with van der Waals surface area (Å²) in [6.07, 6.45) is 5.22. The van der Waals surface area contributed by atoms with E-state index in [0.29, 0.717) is 0 Å². The predicted molar refractivity (Wildman–Crippen MR) is 64.8 cm³/mol. The summed E-state index contributed by atoms with van der Waals surface area (Å²) in [5, 5.41) is 0. The van der Waals surface area contributed by atoms with Gasteiger partial charge in [-0.25, -0.2) is 0 Å². The zero-order chi connectivity index (χ0) is 10.8. The molecule has 0 rings (SSSR count). The number of unbranched alkanes of at least 4 members (excludes halogenated alkanes) is 1. The average Bonchev–Trinajstić information content (AvgIpc) is 2.13. The maximum atomic E-state index is 2.43. The van der Waals surface area contributed by atoms with Crippen LogP contribution in [-0.4, -0.2) is 50.1 Å². The third-order valence-electron chi connectivity index (χ3n) is 2.54. The van der Waals surface area contributed by atoms with Crippen molar-refractivity contribution in [3.8, 4) is 0 Å². The predicted octanol–water partition coefficient (Wildman–Crippen LogP) is 2.45. The first kappa shape index (κ1) is 13.9. The molecule has 0 aromatic rings. The molecule has 0 unspecified atom stereocenters. The van der Waals surface area contributed by atoms with Gasteiger partial charge in [0.2, 0.25) is 0 Å². The normalized spacial score (nSPS) is 11.6. The Morgan fingerprint density at radius 3 is 1.29 bits per heavy atom. The SMILES string of the molecule is CCCN(C)CCCCN(C)CCC. The van der Waals surface area contributed by atoms with Gasteiger partial charge in [0.15, 0.2) is 0 Å². The van der Waals surface area contributed by atoms with Gasteiger partial charge in [-0.2, -0.15) is 0 Å². The Labute approximate surface area is 90.3 Å². The second-order valence-corrected chi connectivity index (χ2v) is 4.31. The van der Waals surface area contributed by atoms with E-state index in [-0.39, 0.29) is 0 Å². The van der Waals surface area contributed by atoms with Crippen LogP contribution < -0.4 is 0 Å². The molecule has 0 saturated heterocycles. The molecular formula is C12H28N2. The fourth-order valence-corrected chi connectivity index (χ4v) is 1.75. The standard InChI is InChI=1S/C12H28N2/c1-5-9-13(3)11-7-8-12-14(4)10-6-2/h5-12H2,1-4H3. The Bertz CT molecular complexity index is 101. The van der Waals surface area contributed by atoms with E-state index < -0.39 is 0 Å². The smallest absolute Gasteiger partial charge is 0.00213 e. The lowest BCUT2D eigenvalue weighted by Crippen LogP contribution is -2.23. The van der Waals surface area contributed by atoms with Crippen molar-refractivity contribution in [1.82, 2.24) is 9.80 Å². The molecule has 0 aromatic heterocycles. The molecule has 0 bridgehead atoms. The van der Waals surface area contributed by atoms with Gasteiger partial charge in [0.25, 0.3) is 0 Å². The van der Waals surface area contributed by atoms with Gasteiger partial charge in [-0.05, 0) is 66.0 Å². The summed E-state index contributed by atoms with van der Waals surface area (Å²) in [5.74, 6) is 0. The molecule has 0 atom stereocenters. The summed E-state index contributed by atoms with van der Waals surface area (Å²) in [5.41, 5.74) is 0. The second kappa shape index (κ2) is 9.47. The van der Waals surface area contributed by atoms with Gasteiger partial charge in [0, 0.05) is 0 Å². The molecule has 0 aliphatic rings. The second-order valence-electron chi connectivity index (χ2n) is 4.31. The van der Waals surface area contributed by atoms with Gasteiger partial charge in [0.05, 0.1) is 0 Å². The summed E-state index contributed by atoms with van der Waals surface area (Å²) in [6, 6.07) is 0. The van der Waals surface area contributed by atoms with E-state index in [4.69, 9.17) is 0 Å². The Balaban J connectivity index is 3.19. The van der Waals surface area contributed by atoms with Crippen LogP contribution in [0.5, 0.6) is 0 Å². The Hall–Kier alpha value is -0.0800. The number of nitrogens with zero attached hydrogens (tertiary/aromatic N) is 2. The minimum Gasteiger partial charge on any atom is -0.306 e. The van der Waals surface area contributed by atoms with Crippen LogP contribution in [0.25, 0.3) is 0 Å². The molecule has 0 spiro atoms. The van der Waals surface area contributed by atoms with Crippen LogP contribution in [0.2, 0.25) is 0 Å². The zero-order valence-electron chi connectivity index (χ0n) is 10.6. The van der Waals surface area contributed by atoms with E-state index in [9.17, 15) is 0 Å². The van der Waals surface area contributed by atoms with Crippen LogP contribution in [-0.2, 0) is 0 Å². The molecule has 0 N–H and O–H groups in total. The van der Waals surface area contributed by atoms with E-state index in [1.807, 2.05) is 0 Å². The van der Waals surface area contributed by atoms with E-state index in [0.717, 1.165) is 0 Å². The maximum absolute atomic E-state index is 2.43. The molecule has 0 fully saturated rings. The van der Waals surface area contributed by atoms with Crippen molar-refractivity contribution in [3.05, 3.63) is 0 Å². The molecule has 14 heavy (non-hydrogen) atoms. The van der Waals surface area contributed by atoms with Gasteiger partial charge in [-0.3, -0.25) is 0 Å². The summed E-state index contributed by atoms with van der Waals surface area (Å²) in [7, 11) is 4.44. The highest BCUT2D eigenvalue weighted by Gasteiger charge is 1.98. The summed E-state index contributed by atoms with van der Waals surface area (Å²) in [6.45, 7) is 9.48. The van der Waals surface area contributed by atoms with Crippen molar-refractivity contribution in [2.75, 3.05) is 40.3 Å². The molecule has 0 aliphatic heterocycles. The average molecular weight is 200 g/mol. The van der Waals surface area contributed by atoms with Gasteiger partial charge < -0.3 is 9.80 Å². The highest BCUT2D eigenvalue weighted by Crippen LogP contribution is 1.96. The maximum Gasteiger partial charge on any atom is -0.00213 e. The lowest BCUT2D eigenvalue weighted by molar-refractivity contribution is 0.293. The topological polar surface area (TPSA) is 6.48 Å². The van der Waals surface area contributed by atoms with Crippen LogP contribution in [0.3, 0.4) is 0 Å². The van der Waals surface area contributed by atoms with Crippen molar-refractivity contribution < 1.29 is 0 Å². The fourth-order valence-electron chi connectivity index (χ4n) is 1.75. The van der Waals surface area contributed by atoms with Gasteiger partial charge in [0.1, 0.15) is 0 Å². The van der Waals surface area contributed by atoms with Crippen molar-refractivity contribution in [2.24, 2.45) is 0 Å². The minimum absolute atomic E-state index is 1.24. The molecule has 0 heterocycles. The van der Waals surface area contributed by atoms with E-state index >= 15 is 0 Å². The monoisotopic (exact) mass is 200 g/mol. The van der Waals surface area contributed by atoms with Crippen LogP contribution in [0.15, 0.2) is 0 Å². The summed E-state index contributed by atoms with van der Waals surface area (Å²) in [4.78, 5) is 4.86. The Morgan fingerprint density at radius 2 is 1.00 bits per heavy atom. The first-order valence-corrected chi connectivity index (χ1v) is 6.07. The van der Waals surface area contributed by atoms with Crippen LogP contribution in [0, 0.1) is 0 Å². The highest BCUT2D eigenvalue weighted by atomic mass is 15.1. The molecule has 2 heteroatoms. The lowest BCUT2D eigenvalue weighted by Gasteiger charge is -2.18. The van der Waals surface area contributed by atoms with Crippen molar-refractivity contribution >= 4 is 0 Å². The minimum atomic E-state index is 1.24. The quantitative estimate of drug-likeness (QED) is 0.528. The molecule has 0 aromatic carbocycles. The van der Waals surface area contributed by atoms with Gasteiger partial charge in [-0.15, -0.1) is 0 Å². The molecule has 0 radical (unpaired) electrons. The van der Waals surface area contributed by atoms with Crippen molar-refractivity contribution in [2.45, 2.75) is 39.5 Å². The molecule has 0 saturated carbocycles. The molecule has 0 aliphatic carbocycles. The van der Waals surface area contributed by atoms with Gasteiger partial charge >= 0.3 is 0 Å². The van der Waals surface area contributed by atoms with E-state index in [2.05, 4.69) is 37.7 Å². The molecule has 2 nitrogen and oxygen atoms in total. The lowest BCUT2D eigenvalue weighted by atomic mass is 10.2. The number of hydrogen-bond acceptors (Lipinski definition) is 2. The highest BCUT2D eigenvalue weighted by molar-refractivity contribution is 4.54. The van der Waals surface area contributed by atoms with Crippen LogP contribution in [0.4, 0.5) is 0 Å². The molecule has 0 amide bonds. The third kappa shape index (κ3) is 8.52. The first-order chi connectivity index (χ1) is 6.70. The van der Waals surface area contributed by atoms with Gasteiger partial charge in [-0.1, -0.05) is 13.8 Å². The fraction of sp³-hybridized carbons (Fsp3) is 1.00. The summed E-state index contributed by atoms with van der Waals surface area (Å²) < 4.78 is 0. The number of hydrogen-bond donors (Lipinski definition) is 0. The largest absolute Gasteiger partial charge is 0.306 e. The Kier molecular flexibility index (Phi) is 9.42. The summed E-state index contributed by atoms with van der Waals surface area (Å²) >= 11 is 0. The number of rotatable bonds is 9. The molecule has 86 valence electrons. The van der Waals surface area contributed by atoms with Crippen molar-refractivity contribution in [1.29, 1.82) is 0 Å². The zero-order valence-corrected chi connectivity index (χ0v) is 10.6. The third-order valence-corrected chi connectivity index (χ3v) is 2.54. The first-order valence-electron chi connectivity index (χ1n) is 6.07. The van der Waals surface area contributed by atoms with Crippen molar-refractivity contribution in [3.63, 3.8) is 0 Å².